The summed E-state index contributed by atoms with van der Waals surface area (Å²) in [7, 11) is 3.45. The molecule has 1 aliphatic heterocycles. The van der Waals surface area contributed by atoms with E-state index in [0.717, 1.165) is 44.5 Å². The van der Waals surface area contributed by atoms with Crippen molar-refractivity contribution < 1.29 is 36.6 Å². The third kappa shape index (κ3) is 6.42. The monoisotopic (exact) mass is 547 g/mol. The molecule has 39 heavy (non-hydrogen) atoms. The van der Waals surface area contributed by atoms with Crippen LogP contribution in [0.15, 0.2) is 41.0 Å². The number of hydrogen-bond acceptors (Lipinski definition) is 7. The number of nitrogens with zero attached hydrogens (tertiary/aromatic N) is 2. The normalized spacial score (nSPS) is 19.8. The van der Waals surface area contributed by atoms with Gasteiger partial charge in [-0.1, -0.05) is 0 Å². The van der Waals surface area contributed by atoms with Crippen LogP contribution < -0.4 is 19.5 Å². The van der Waals surface area contributed by atoms with Gasteiger partial charge in [-0.2, -0.15) is 8.78 Å². The number of benzene rings is 2. The number of rotatable bonds is 11. The minimum absolute atomic E-state index is 0.0198. The summed E-state index contributed by atoms with van der Waals surface area (Å²) in [6, 6.07) is 7.67. The fraction of sp³-hybridized carbons (Fsp3) is 0.464. The zero-order chi connectivity index (χ0) is 27.5. The molecule has 1 saturated heterocycles. The Morgan fingerprint density at radius 2 is 1.90 bits per heavy atom. The number of hydrogen-bond donors (Lipinski definition) is 1. The van der Waals surface area contributed by atoms with Gasteiger partial charge in [-0.15, -0.1) is 0 Å². The third-order valence-corrected chi connectivity index (χ3v) is 7.10. The van der Waals surface area contributed by atoms with Gasteiger partial charge in [-0.3, -0.25) is 4.79 Å². The highest BCUT2D eigenvalue weighted by Crippen LogP contribution is 2.40. The number of nitrogens with one attached hydrogen (secondary N) is 1. The van der Waals surface area contributed by atoms with Gasteiger partial charge in [0.2, 0.25) is 0 Å². The molecule has 2 aromatic carbocycles. The van der Waals surface area contributed by atoms with E-state index in [9.17, 15) is 18.0 Å². The Bertz CT molecular complexity index is 1310. The van der Waals surface area contributed by atoms with E-state index >= 15 is 0 Å². The van der Waals surface area contributed by atoms with Crippen LogP contribution in [0.3, 0.4) is 0 Å². The van der Waals surface area contributed by atoms with Crippen LogP contribution in [0.2, 0.25) is 0 Å². The van der Waals surface area contributed by atoms with E-state index in [4.69, 9.17) is 13.9 Å². The average Bonchev–Trinajstić information content (AvgIpc) is 3.43. The summed E-state index contributed by atoms with van der Waals surface area (Å²) in [4.78, 5) is 17.5. The van der Waals surface area contributed by atoms with E-state index in [1.807, 2.05) is 12.1 Å². The van der Waals surface area contributed by atoms with Crippen LogP contribution in [0.5, 0.6) is 17.2 Å². The van der Waals surface area contributed by atoms with E-state index in [1.165, 1.54) is 19.4 Å². The maximum absolute atomic E-state index is 13.3. The Kier molecular flexibility index (Phi) is 8.18. The van der Waals surface area contributed by atoms with Crippen LogP contribution in [0, 0.1) is 0 Å². The molecule has 5 rings (SSSR count). The molecule has 0 unspecified atom stereocenters. The number of ether oxygens (including phenoxy) is 3. The number of piperazine rings is 1. The summed E-state index contributed by atoms with van der Waals surface area (Å²) in [6.45, 7) is 2.67. The first-order valence-electron chi connectivity index (χ1n) is 13.0. The largest absolute Gasteiger partial charge is 0.496 e. The van der Waals surface area contributed by atoms with Gasteiger partial charge >= 0.3 is 6.61 Å². The summed E-state index contributed by atoms with van der Waals surface area (Å²) in [5, 5.41) is 3.21. The highest BCUT2D eigenvalue weighted by atomic mass is 19.3. The van der Waals surface area contributed by atoms with E-state index in [1.54, 1.807) is 12.1 Å². The number of likely N-dealkylation sites (N-methyl/N-ethyl adjacent to an activating group) is 1. The first-order chi connectivity index (χ1) is 18.8. The number of amides is 1. The van der Waals surface area contributed by atoms with Crippen LogP contribution >= 0.6 is 0 Å². The van der Waals surface area contributed by atoms with Crippen molar-refractivity contribution in [3.05, 3.63) is 42.2 Å². The van der Waals surface area contributed by atoms with Gasteiger partial charge in [-0.05, 0) is 43.3 Å². The van der Waals surface area contributed by atoms with E-state index < -0.39 is 24.7 Å². The second kappa shape index (κ2) is 11.7. The number of alkyl halides is 3. The van der Waals surface area contributed by atoms with E-state index in [2.05, 4.69) is 26.9 Å². The molecule has 210 valence electrons. The molecule has 8 nitrogen and oxygen atoms in total. The third-order valence-electron chi connectivity index (χ3n) is 7.10. The summed E-state index contributed by atoms with van der Waals surface area (Å²) in [6.07, 6.45) is 1.44. The number of carbonyl (C=O) groups is 1. The Morgan fingerprint density at radius 3 is 2.59 bits per heavy atom. The zero-order valence-corrected chi connectivity index (χ0v) is 21.9. The molecule has 2 atom stereocenters. The second-order valence-corrected chi connectivity index (χ2v) is 9.92. The average molecular weight is 548 g/mol. The first-order valence-corrected chi connectivity index (χ1v) is 13.0. The molecule has 3 aromatic rings. The van der Waals surface area contributed by atoms with Crippen molar-refractivity contribution in [3.8, 4) is 28.4 Å². The number of furan rings is 1. The number of halogens is 3. The molecule has 0 spiro atoms. The van der Waals surface area contributed by atoms with Gasteiger partial charge in [0.1, 0.15) is 34.6 Å². The molecular formula is C28H32F3N3O5. The number of methoxy groups -OCH3 is 1. The van der Waals surface area contributed by atoms with Gasteiger partial charge < -0.3 is 33.7 Å². The van der Waals surface area contributed by atoms with Crippen molar-refractivity contribution in [3.63, 3.8) is 0 Å². The quantitative estimate of drug-likeness (QED) is 0.353. The van der Waals surface area contributed by atoms with Crippen LogP contribution in [0.4, 0.5) is 13.2 Å². The van der Waals surface area contributed by atoms with Crippen molar-refractivity contribution in [2.24, 2.45) is 0 Å². The number of fused-ring (bicyclic) bond motifs is 1. The highest BCUT2D eigenvalue weighted by Gasteiger charge is 2.40. The lowest BCUT2D eigenvalue weighted by molar-refractivity contribution is -0.0502. The minimum atomic E-state index is -3.18. The smallest absolute Gasteiger partial charge is 0.387 e. The molecule has 2 fully saturated rings. The van der Waals surface area contributed by atoms with Crippen molar-refractivity contribution in [1.82, 2.24) is 15.1 Å². The van der Waals surface area contributed by atoms with Gasteiger partial charge in [0, 0.05) is 56.2 Å². The van der Waals surface area contributed by atoms with E-state index in [-0.39, 0.29) is 23.5 Å². The molecule has 2 aliphatic rings. The maximum atomic E-state index is 13.3. The highest BCUT2D eigenvalue weighted by molar-refractivity contribution is 6.02. The fourth-order valence-electron chi connectivity index (χ4n) is 4.74. The SMILES string of the molecule is COc1cc(-c2coc3cc(OCCCN4CCN(C)CC4)ccc23)cc(OC(F)F)c1C(=O)N[C@@H]1C[C@@H]1F. The van der Waals surface area contributed by atoms with Crippen molar-refractivity contribution >= 4 is 16.9 Å². The van der Waals surface area contributed by atoms with Gasteiger partial charge in [-0.25, -0.2) is 4.39 Å². The molecule has 11 heteroatoms. The lowest BCUT2D eigenvalue weighted by atomic mass is 10.0. The van der Waals surface area contributed by atoms with Gasteiger partial charge in [0.25, 0.3) is 5.91 Å². The molecule has 1 N–H and O–H groups in total. The van der Waals surface area contributed by atoms with Crippen molar-refractivity contribution in [2.75, 3.05) is 53.5 Å². The molecule has 1 amide bonds. The Morgan fingerprint density at radius 1 is 1.15 bits per heavy atom. The summed E-state index contributed by atoms with van der Waals surface area (Å²) < 4.78 is 61.6. The summed E-state index contributed by atoms with van der Waals surface area (Å²) in [5.41, 5.74) is 1.39. The standard InChI is InChI=1S/C28H32F3N3O5/c1-33-7-9-34(10-8-33)6-3-11-37-18-4-5-19-20(16-38-23(19)14-18)17-12-24(36-2)26(25(13-17)39-28(30)31)27(35)32-22-15-21(22)29/h4-5,12-14,16,21-22,28H,3,6-11,15H2,1-2H3,(H,32,35)/t21-,22+/m0/s1. The molecule has 2 heterocycles. The first kappa shape index (κ1) is 27.1. The van der Waals surface area contributed by atoms with Crippen LogP contribution in [-0.2, 0) is 0 Å². The molecule has 0 radical (unpaired) electrons. The molecule has 0 bridgehead atoms. The Balaban J connectivity index is 1.32. The Labute approximate surface area is 224 Å². The molecule has 1 saturated carbocycles. The fourth-order valence-corrected chi connectivity index (χ4v) is 4.74. The number of carbonyl (C=O) groups excluding carboxylic acids is 1. The molecule has 1 aliphatic carbocycles. The predicted molar refractivity (Wildman–Crippen MR) is 140 cm³/mol. The lowest BCUT2D eigenvalue weighted by Gasteiger charge is -2.32. The van der Waals surface area contributed by atoms with Crippen molar-refractivity contribution in [2.45, 2.75) is 31.7 Å². The molecular weight excluding hydrogens is 515 g/mol. The topological polar surface area (TPSA) is 76.4 Å². The molecule has 1 aromatic heterocycles. The minimum Gasteiger partial charge on any atom is -0.496 e. The van der Waals surface area contributed by atoms with Gasteiger partial charge in [0.15, 0.2) is 0 Å². The van der Waals surface area contributed by atoms with Crippen LogP contribution in [0.1, 0.15) is 23.2 Å². The summed E-state index contributed by atoms with van der Waals surface area (Å²) in [5.74, 6) is -0.432. The lowest BCUT2D eigenvalue weighted by Crippen LogP contribution is -2.44. The zero-order valence-electron chi connectivity index (χ0n) is 21.9. The van der Waals surface area contributed by atoms with Gasteiger partial charge in [0.05, 0.1) is 26.0 Å². The van der Waals surface area contributed by atoms with Crippen LogP contribution in [-0.4, -0.2) is 88.0 Å². The Hall–Kier alpha value is -3.44. The maximum Gasteiger partial charge on any atom is 0.387 e. The van der Waals surface area contributed by atoms with Crippen molar-refractivity contribution in [1.29, 1.82) is 0 Å². The second-order valence-electron chi connectivity index (χ2n) is 9.92. The van der Waals surface area contributed by atoms with Crippen LogP contribution in [0.25, 0.3) is 22.1 Å². The van der Waals surface area contributed by atoms with E-state index in [0.29, 0.717) is 29.1 Å². The predicted octanol–water partition coefficient (Wildman–Crippen LogP) is 4.57. The summed E-state index contributed by atoms with van der Waals surface area (Å²) >= 11 is 0.